The van der Waals surface area contributed by atoms with Gasteiger partial charge >= 0.3 is 0 Å². The average molecular weight is 382 g/mol. The van der Waals surface area contributed by atoms with E-state index in [9.17, 15) is 4.79 Å². The molecule has 1 amide bonds. The van der Waals surface area contributed by atoms with E-state index in [1.807, 2.05) is 12.1 Å². The van der Waals surface area contributed by atoms with E-state index in [1.165, 1.54) is 38.9 Å². The maximum Gasteiger partial charge on any atom is 0.227 e. The Balaban J connectivity index is 1.49. The molecule has 3 aliphatic rings. The summed E-state index contributed by atoms with van der Waals surface area (Å²) in [5.74, 6) is 0.217. The highest BCUT2D eigenvalue weighted by Crippen LogP contribution is 2.28. The van der Waals surface area contributed by atoms with Crippen LogP contribution in [0.1, 0.15) is 24.8 Å². The molecule has 0 radical (unpaired) electrons. The number of fused-ring (bicyclic) bond motifs is 2. The molecule has 0 aliphatic carbocycles. The highest BCUT2D eigenvalue weighted by molar-refractivity contribution is 6.42. The lowest BCUT2D eigenvalue weighted by molar-refractivity contribution is -0.139. The molecule has 4 rings (SSSR count). The minimum absolute atomic E-state index is 0.217. The Morgan fingerprint density at radius 1 is 1.00 bits per heavy atom. The van der Waals surface area contributed by atoms with E-state index in [1.54, 1.807) is 6.07 Å². The zero-order chi connectivity index (χ0) is 17.4. The van der Waals surface area contributed by atoms with Crippen molar-refractivity contribution in [1.82, 2.24) is 14.7 Å². The lowest BCUT2D eigenvalue weighted by Crippen LogP contribution is -2.66. The van der Waals surface area contributed by atoms with Gasteiger partial charge in [0.05, 0.1) is 22.5 Å². The average Bonchev–Trinajstić information content (AvgIpc) is 3.13. The van der Waals surface area contributed by atoms with E-state index in [2.05, 4.69) is 14.7 Å². The van der Waals surface area contributed by atoms with Gasteiger partial charge in [0.25, 0.3) is 0 Å². The molecule has 3 fully saturated rings. The first-order chi connectivity index (χ1) is 12.1. The van der Waals surface area contributed by atoms with Crippen LogP contribution in [0.25, 0.3) is 0 Å². The molecule has 3 atom stereocenters. The summed E-state index contributed by atoms with van der Waals surface area (Å²) in [7, 11) is 0. The van der Waals surface area contributed by atoms with Crippen LogP contribution in [0.4, 0.5) is 0 Å². The maximum atomic E-state index is 13.0. The van der Waals surface area contributed by atoms with Gasteiger partial charge in [-0.3, -0.25) is 14.6 Å². The van der Waals surface area contributed by atoms with Crippen molar-refractivity contribution >= 4 is 29.1 Å². The van der Waals surface area contributed by atoms with Crippen LogP contribution in [0.15, 0.2) is 18.2 Å². The monoisotopic (exact) mass is 381 g/mol. The zero-order valence-corrected chi connectivity index (χ0v) is 16.0. The predicted octanol–water partition coefficient (Wildman–Crippen LogP) is 2.92. The molecular weight excluding hydrogens is 357 g/mol. The fourth-order valence-corrected chi connectivity index (χ4v) is 4.96. The minimum atomic E-state index is 0.217. The number of likely N-dealkylation sites (tertiary alicyclic amines) is 1. The number of carbonyl (C=O) groups is 1. The Hall–Kier alpha value is -0.810. The van der Waals surface area contributed by atoms with Gasteiger partial charge in [-0.15, -0.1) is 0 Å². The van der Waals surface area contributed by atoms with Crippen LogP contribution in [-0.2, 0) is 11.2 Å². The number of rotatable bonds is 3. The van der Waals surface area contributed by atoms with E-state index in [4.69, 9.17) is 23.2 Å². The largest absolute Gasteiger partial charge is 0.335 e. The number of amides is 1. The molecule has 0 spiro atoms. The van der Waals surface area contributed by atoms with Gasteiger partial charge in [0.1, 0.15) is 0 Å². The molecule has 25 heavy (non-hydrogen) atoms. The molecule has 3 aliphatic heterocycles. The van der Waals surface area contributed by atoms with Crippen LogP contribution >= 0.6 is 23.2 Å². The van der Waals surface area contributed by atoms with Crippen LogP contribution in [0.3, 0.4) is 0 Å². The van der Waals surface area contributed by atoms with E-state index < -0.39 is 0 Å². The quantitative estimate of drug-likeness (QED) is 0.805. The number of hydrogen-bond acceptors (Lipinski definition) is 3. The lowest BCUT2D eigenvalue weighted by atomic mass is 9.93. The second-order valence-electron chi connectivity index (χ2n) is 7.48. The summed E-state index contributed by atoms with van der Waals surface area (Å²) in [5, 5.41) is 1.05. The Kier molecular flexibility index (Phi) is 5.23. The van der Waals surface area contributed by atoms with Crippen molar-refractivity contribution in [1.29, 1.82) is 0 Å². The normalized spacial score (nSPS) is 29.8. The molecule has 2 unspecified atom stereocenters. The molecule has 136 valence electrons. The second-order valence-corrected chi connectivity index (χ2v) is 8.29. The third-order valence-electron chi connectivity index (χ3n) is 5.96. The number of piperidine rings is 1. The van der Waals surface area contributed by atoms with Crippen molar-refractivity contribution in [2.24, 2.45) is 0 Å². The summed E-state index contributed by atoms with van der Waals surface area (Å²) in [6.07, 6.45) is 4.18. The van der Waals surface area contributed by atoms with Crippen LogP contribution in [-0.4, -0.2) is 72.0 Å². The van der Waals surface area contributed by atoms with Gasteiger partial charge in [-0.05, 0) is 56.6 Å². The first kappa shape index (κ1) is 17.6. The lowest BCUT2D eigenvalue weighted by Gasteiger charge is -2.51. The Labute approximate surface area is 159 Å². The minimum Gasteiger partial charge on any atom is -0.335 e. The van der Waals surface area contributed by atoms with Crippen LogP contribution in [0, 0.1) is 0 Å². The number of piperazine rings is 1. The summed E-state index contributed by atoms with van der Waals surface area (Å²) in [5.41, 5.74) is 0.940. The molecule has 0 saturated carbocycles. The molecule has 6 heteroatoms. The van der Waals surface area contributed by atoms with E-state index in [-0.39, 0.29) is 5.91 Å². The number of nitrogens with zero attached hydrogens (tertiary/aromatic N) is 3. The molecule has 1 aromatic rings. The molecule has 0 aromatic heterocycles. The maximum absolute atomic E-state index is 13.0. The summed E-state index contributed by atoms with van der Waals surface area (Å²) < 4.78 is 0. The van der Waals surface area contributed by atoms with Gasteiger partial charge in [0.2, 0.25) is 5.91 Å². The number of hydrogen-bond donors (Lipinski definition) is 0. The van der Waals surface area contributed by atoms with Gasteiger partial charge in [0.15, 0.2) is 0 Å². The molecule has 3 heterocycles. The summed E-state index contributed by atoms with van der Waals surface area (Å²) >= 11 is 12.1. The first-order valence-corrected chi connectivity index (χ1v) is 10.1. The first-order valence-electron chi connectivity index (χ1n) is 9.31. The zero-order valence-electron chi connectivity index (χ0n) is 14.5. The summed E-state index contributed by atoms with van der Waals surface area (Å²) in [6, 6.07) is 6.35. The second kappa shape index (κ2) is 7.43. The molecule has 2 bridgehead atoms. The number of carbonyl (C=O) groups excluding carboxylic acids is 1. The van der Waals surface area contributed by atoms with E-state index in [0.717, 1.165) is 25.2 Å². The van der Waals surface area contributed by atoms with Crippen LogP contribution in [0.5, 0.6) is 0 Å². The third-order valence-corrected chi connectivity index (χ3v) is 6.70. The van der Waals surface area contributed by atoms with Gasteiger partial charge in [-0.25, -0.2) is 0 Å². The van der Waals surface area contributed by atoms with Crippen molar-refractivity contribution in [3.05, 3.63) is 33.8 Å². The van der Waals surface area contributed by atoms with Crippen molar-refractivity contribution in [3.8, 4) is 0 Å². The SMILES string of the molecule is O=C(Cc1ccc(Cl)c(Cl)c1)N1CCN2CC[C@@H](N3CCCC3)C1C2. The fraction of sp³-hybridized carbons (Fsp3) is 0.632. The smallest absolute Gasteiger partial charge is 0.227 e. The van der Waals surface area contributed by atoms with Gasteiger partial charge in [-0.1, -0.05) is 29.3 Å². The van der Waals surface area contributed by atoms with Gasteiger partial charge in [-0.2, -0.15) is 0 Å². The van der Waals surface area contributed by atoms with Crippen molar-refractivity contribution in [3.63, 3.8) is 0 Å². The van der Waals surface area contributed by atoms with E-state index in [0.29, 0.717) is 28.5 Å². The Bertz CT molecular complexity index is 648. The molecule has 0 N–H and O–H groups in total. The topological polar surface area (TPSA) is 26.8 Å². The van der Waals surface area contributed by atoms with Crippen LogP contribution < -0.4 is 0 Å². The number of benzene rings is 1. The van der Waals surface area contributed by atoms with Gasteiger partial charge in [0, 0.05) is 25.7 Å². The summed E-state index contributed by atoms with van der Waals surface area (Å²) in [6.45, 7) is 6.41. The Morgan fingerprint density at radius 2 is 1.80 bits per heavy atom. The molecular formula is C19H25Cl2N3O. The standard InChI is InChI=1S/C19H25Cl2N3O/c20-15-4-3-14(11-16(15)21)12-19(25)24-10-9-22-8-5-17(18(24)13-22)23-6-1-2-7-23/h3-4,11,17-18H,1-2,5-10,12-13H2/t17-,18?/m1/s1. The molecule has 3 saturated heterocycles. The third kappa shape index (κ3) is 3.68. The van der Waals surface area contributed by atoms with Crippen LogP contribution in [0.2, 0.25) is 10.0 Å². The highest BCUT2D eigenvalue weighted by Gasteiger charge is 2.41. The molecule has 4 nitrogen and oxygen atoms in total. The number of halogens is 2. The van der Waals surface area contributed by atoms with Crippen molar-refractivity contribution in [2.45, 2.75) is 37.8 Å². The van der Waals surface area contributed by atoms with E-state index >= 15 is 0 Å². The Morgan fingerprint density at radius 3 is 2.56 bits per heavy atom. The van der Waals surface area contributed by atoms with Gasteiger partial charge < -0.3 is 4.90 Å². The van der Waals surface area contributed by atoms with Crippen molar-refractivity contribution < 1.29 is 4.79 Å². The summed E-state index contributed by atoms with van der Waals surface area (Å²) in [4.78, 5) is 20.3. The predicted molar refractivity (Wildman–Crippen MR) is 101 cm³/mol. The fourth-order valence-electron chi connectivity index (χ4n) is 4.64. The van der Waals surface area contributed by atoms with Crippen molar-refractivity contribution in [2.75, 3.05) is 39.3 Å². The molecule has 1 aromatic carbocycles. The highest BCUT2D eigenvalue weighted by atomic mass is 35.5.